The van der Waals surface area contributed by atoms with E-state index in [9.17, 15) is 15.0 Å². The Hall–Kier alpha value is -0.910. The summed E-state index contributed by atoms with van der Waals surface area (Å²) < 4.78 is 10.3. The second-order valence-corrected chi connectivity index (χ2v) is 4.53. The van der Waals surface area contributed by atoms with Gasteiger partial charge in [-0.2, -0.15) is 0 Å². The fourth-order valence-corrected chi connectivity index (χ4v) is 1.68. The highest BCUT2D eigenvalue weighted by Gasteiger charge is 2.40. The van der Waals surface area contributed by atoms with Gasteiger partial charge in [-0.3, -0.25) is 0 Å². The summed E-state index contributed by atoms with van der Waals surface area (Å²) in [5.41, 5.74) is 0.177. The van der Waals surface area contributed by atoms with Crippen LogP contribution in [0.15, 0.2) is 12.2 Å². The molecule has 1 rings (SSSR count). The molecule has 0 amide bonds. The van der Waals surface area contributed by atoms with Crippen molar-refractivity contribution in [2.75, 3.05) is 6.61 Å². The molecule has 0 bridgehead atoms. The van der Waals surface area contributed by atoms with Crippen LogP contribution in [0, 0.1) is 0 Å². The van der Waals surface area contributed by atoms with E-state index in [4.69, 9.17) is 9.47 Å². The average Bonchev–Trinajstić information content (AvgIpc) is 2.69. The molecule has 0 radical (unpaired) electrons. The quantitative estimate of drug-likeness (QED) is 0.424. The molecule has 98 valence electrons. The van der Waals surface area contributed by atoms with E-state index in [0.29, 0.717) is 6.61 Å². The van der Waals surface area contributed by atoms with Crippen LogP contribution in [0.5, 0.6) is 0 Å². The molecule has 1 aliphatic rings. The van der Waals surface area contributed by atoms with Crippen molar-refractivity contribution >= 4 is 5.97 Å². The minimum Gasteiger partial charge on any atom is -0.427 e. The Morgan fingerprint density at radius 1 is 1.71 bits per heavy atom. The summed E-state index contributed by atoms with van der Waals surface area (Å²) in [5.74, 6) is -2.63. The number of aliphatic hydroxyl groups excluding tert-OH is 1. The number of carbonyl (C=O) groups is 1. The lowest BCUT2D eigenvalue weighted by Crippen LogP contribution is -2.47. The maximum absolute atomic E-state index is 11.4. The Morgan fingerprint density at radius 3 is 2.76 bits per heavy atom. The molecule has 0 aromatic heterocycles. The van der Waals surface area contributed by atoms with Gasteiger partial charge in [-0.1, -0.05) is 6.58 Å². The minimum atomic E-state index is -1.91. The van der Waals surface area contributed by atoms with E-state index in [1.54, 1.807) is 0 Å². The normalized spacial score (nSPS) is 25.1. The molecule has 1 fully saturated rings. The summed E-state index contributed by atoms with van der Waals surface area (Å²) in [6.07, 6.45) is 0.403. The lowest BCUT2D eigenvalue weighted by Gasteiger charge is -2.32. The Labute approximate surface area is 101 Å². The van der Waals surface area contributed by atoms with Gasteiger partial charge in [0.2, 0.25) is 5.79 Å². The van der Waals surface area contributed by atoms with Crippen molar-refractivity contribution in [2.45, 2.75) is 51.1 Å². The predicted molar refractivity (Wildman–Crippen MR) is 61.1 cm³/mol. The monoisotopic (exact) mass is 244 g/mol. The minimum absolute atomic E-state index is 0.0731. The van der Waals surface area contributed by atoms with Crippen molar-refractivity contribution in [3.05, 3.63) is 12.2 Å². The molecule has 0 saturated carbocycles. The maximum atomic E-state index is 11.4. The van der Waals surface area contributed by atoms with E-state index in [0.717, 1.165) is 12.8 Å². The highest BCUT2D eigenvalue weighted by Crippen LogP contribution is 2.27. The fourth-order valence-electron chi connectivity index (χ4n) is 1.68. The first kappa shape index (κ1) is 14.2. The zero-order chi connectivity index (χ0) is 13.1. The zero-order valence-electron chi connectivity index (χ0n) is 10.3. The lowest BCUT2D eigenvalue weighted by molar-refractivity contribution is -0.252. The molecule has 3 atom stereocenters. The summed E-state index contributed by atoms with van der Waals surface area (Å²) in [5, 5.41) is 19.7. The Morgan fingerprint density at radius 2 is 2.35 bits per heavy atom. The maximum Gasteiger partial charge on any atom is 0.335 e. The van der Waals surface area contributed by atoms with E-state index in [1.807, 2.05) is 0 Å². The van der Waals surface area contributed by atoms with E-state index >= 15 is 0 Å². The summed E-state index contributed by atoms with van der Waals surface area (Å²) in [7, 11) is 0. The molecule has 0 aromatic rings. The molecule has 1 aliphatic heterocycles. The smallest absolute Gasteiger partial charge is 0.335 e. The van der Waals surface area contributed by atoms with Gasteiger partial charge in [-0.25, -0.2) is 4.79 Å². The SMILES string of the molecule is C=C(C)C(=O)OC(O)(CC1CCCO1)C(C)O. The van der Waals surface area contributed by atoms with Crippen LogP contribution in [-0.2, 0) is 14.3 Å². The van der Waals surface area contributed by atoms with Gasteiger partial charge in [0.05, 0.1) is 6.10 Å². The van der Waals surface area contributed by atoms with Crippen molar-refractivity contribution in [3.8, 4) is 0 Å². The number of rotatable bonds is 5. The van der Waals surface area contributed by atoms with Crippen molar-refractivity contribution in [2.24, 2.45) is 0 Å². The van der Waals surface area contributed by atoms with Crippen LogP contribution in [0.1, 0.15) is 33.1 Å². The topological polar surface area (TPSA) is 76.0 Å². The van der Waals surface area contributed by atoms with Crippen LogP contribution < -0.4 is 0 Å². The number of hydrogen-bond donors (Lipinski definition) is 2. The second-order valence-electron chi connectivity index (χ2n) is 4.53. The molecular weight excluding hydrogens is 224 g/mol. The largest absolute Gasteiger partial charge is 0.427 e. The van der Waals surface area contributed by atoms with Crippen LogP contribution in [-0.4, -0.2) is 40.8 Å². The van der Waals surface area contributed by atoms with Gasteiger partial charge < -0.3 is 19.7 Å². The summed E-state index contributed by atoms with van der Waals surface area (Å²) in [6, 6.07) is 0. The van der Waals surface area contributed by atoms with E-state index in [1.165, 1.54) is 13.8 Å². The van der Waals surface area contributed by atoms with Crippen LogP contribution in [0.2, 0.25) is 0 Å². The van der Waals surface area contributed by atoms with Crippen molar-refractivity contribution in [3.63, 3.8) is 0 Å². The number of ether oxygens (including phenoxy) is 2. The fraction of sp³-hybridized carbons (Fsp3) is 0.750. The highest BCUT2D eigenvalue weighted by atomic mass is 16.7. The summed E-state index contributed by atoms with van der Waals surface area (Å²) in [4.78, 5) is 11.4. The van der Waals surface area contributed by atoms with E-state index in [-0.39, 0.29) is 18.1 Å². The first-order chi connectivity index (χ1) is 7.85. The van der Waals surface area contributed by atoms with Crippen molar-refractivity contribution in [1.29, 1.82) is 0 Å². The number of hydrogen-bond acceptors (Lipinski definition) is 5. The van der Waals surface area contributed by atoms with Gasteiger partial charge >= 0.3 is 5.97 Å². The summed E-state index contributed by atoms with van der Waals surface area (Å²) in [6.45, 7) is 6.92. The van der Waals surface area contributed by atoms with Crippen LogP contribution in [0.25, 0.3) is 0 Å². The first-order valence-corrected chi connectivity index (χ1v) is 5.76. The van der Waals surface area contributed by atoms with Gasteiger partial charge in [0.1, 0.15) is 6.10 Å². The van der Waals surface area contributed by atoms with Crippen molar-refractivity contribution < 1.29 is 24.5 Å². The van der Waals surface area contributed by atoms with Gasteiger partial charge in [0.25, 0.3) is 0 Å². The van der Waals surface area contributed by atoms with Crippen LogP contribution in [0.4, 0.5) is 0 Å². The molecule has 5 nitrogen and oxygen atoms in total. The third-order valence-corrected chi connectivity index (χ3v) is 2.81. The van der Waals surface area contributed by atoms with Gasteiger partial charge in [-0.05, 0) is 26.7 Å². The molecular formula is C12H20O5. The Kier molecular flexibility index (Phi) is 4.68. The lowest BCUT2D eigenvalue weighted by atomic mass is 10.0. The molecule has 0 aromatic carbocycles. The first-order valence-electron chi connectivity index (χ1n) is 5.76. The van der Waals surface area contributed by atoms with Crippen LogP contribution >= 0.6 is 0 Å². The van der Waals surface area contributed by atoms with E-state index < -0.39 is 17.9 Å². The van der Waals surface area contributed by atoms with Crippen molar-refractivity contribution in [1.82, 2.24) is 0 Å². The second kappa shape index (κ2) is 5.62. The molecule has 2 N–H and O–H groups in total. The summed E-state index contributed by atoms with van der Waals surface area (Å²) >= 11 is 0. The highest BCUT2D eigenvalue weighted by molar-refractivity contribution is 5.87. The average molecular weight is 244 g/mol. The molecule has 17 heavy (non-hydrogen) atoms. The molecule has 0 spiro atoms. The van der Waals surface area contributed by atoms with Gasteiger partial charge in [-0.15, -0.1) is 0 Å². The van der Waals surface area contributed by atoms with Gasteiger partial charge in [0, 0.05) is 18.6 Å². The van der Waals surface area contributed by atoms with E-state index in [2.05, 4.69) is 6.58 Å². The number of carbonyl (C=O) groups excluding carboxylic acids is 1. The number of aliphatic hydroxyl groups is 2. The molecule has 3 unspecified atom stereocenters. The predicted octanol–water partition coefficient (Wildman–Crippen LogP) is 0.744. The van der Waals surface area contributed by atoms with Gasteiger partial charge in [0.15, 0.2) is 0 Å². The third kappa shape index (κ3) is 3.80. The zero-order valence-corrected chi connectivity index (χ0v) is 10.3. The Bertz CT molecular complexity index is 293. The molecule has 5 heteroatoms. The van der Waals surface area contributed by atoms with Crippen LogP contribution in [0.3, 0.4) is 0 Å². The third-order valence-electron chi connectivity index (χ3n) is 2.81. The standard InChI is InChI=1S/C12H20O5/c1-8(2)11(14)17-12(15,9(3)13)7-10-5-4-6-16-10/h9-10,13,15H,1,4-7H2,2-3H3. The molecule has 1 heterocycles. The molecule has 1 saturated heterocycles. The number of esters is 1. The Balaban J connectivity index is 2.67. The molecule has 0 aliphatic carbocycles.